The quantitative estimate of drug-likeness (QED) is 0.743. The zero-order valence-electron chi connectivity index (χ0n) is 10.1. The van der Waals surface area contributed by atoms with E-state index in [4.69, 9.17) is 11.5 Å². The van der Waals surface area contributed by atoms with Crippen molar-refractivity contribution in [3.8, 4) is 0 Å². The number of nitrogens with two attached hydrogens (primary N) is 2. The Morgan fingerprint density at radius 3 is 2.50 bits per heavy atom. The second kappa shape index (κ2) is 4.78. The second-order valence-electron chi connectivity index (χ2n) is 4.76. The van der Waals surface area contributed by atoms with E-state index in [-0.39, 0.29) is 5.91 Å². The number of carbonyl (C=O) groups excluding carboxylic acids is 2. The van der Waals surface area contributed by atoms with Crippen molar-refractivity contribution in [1.29, 1.82) is 0 Å². The number of anilines is 1. The van der Waals surface area contributed by atoms with Gasteiger partial charge in [-0.2, -0.15) is 0 Å². The molecular formula is C13H17N3O2. The molecule has 0 radical (unpaired) electrons. The fourth-order valence-electron chi connectivity index (χ4n) is 2.24. The van der Waals surface area contributed by atoms with E-state index in [2.05, 4.69) is 5.32 Å². The van der Waals surface area contributed by atoms with E-state index in [1.165, 1.54) is 0 Å². The van der Waals surface area contributed by atoms with Gasteiger partial charge in [-0.25, -0.2) is 0 Å². The minimum absolute atomic E-state index is 0.193. The van der Waals surface area contributed by atoms with Crippen LogP contribution in [0, 0.1) is 0 Å². The summed E-state index contributed by atoms with van der Waals surface area (Å²) in [5.41, 5.74) is 11.4. The molecule has 1 fully saturated rings. The van der Waals surface area contributed by atoms with Gasteiger partial charge in [0.1, 0.15) is 0 Å². The van der Waals surface area contributed by atoms with E-state index in [9.17, 15) is 9.59 Å². The third kappa shape index (κ3) is 2.51. The van der Waals surface area contributed by atoms with Gasteiger partial charge in [0, 0.05) is 11.3 Å². The summed E-state index contributed by atoms with van der Waals surface area (Å²) in [6.07, 6.45) is 3.36. The molecule has 0 atom stereocenters. The van der Waals surface area contributed by atoms with Gasteiger partial charge in [0.2, 0.25) is 11.8 Å². The smallest absolute Gasteiger partial charge is 0.248 e. The van der Waals surface area contributed by atoms with Crippen LogP contribution in [-0.4, -0.2) is 17.4 Å². The number of primary amides is 1. The first-order valence-corrected chi connectivity index (χ1v) is 6.01. The Bertz CT molecular complexity index is 479. The van der Waals surface area contributed by atoms with Crippen LogP contribution in [0.15, 0.2) is 24.3 Å². The maximum Gasteiger partial charge on any atom is 0.248 e. The highest BCUT2D eigenvalue weighted by atomic mass is 16.2. The Hall–Kier alpha value is -1.88. The molecule has 1 aromatic carbocycles. The number of rotatable bonds is 3. The van der Waals surface area contributed by atoms with Crippen LogP contribution in [0.25, 0.3) is 0 Å². The maximum atomic E-state index is 12.1. The lowest BCUT2D eigenvalue weighted by molar-refractivity contribution is -0.121. The summed E-state index contributed by atoms with van der Waals surface area (Å²) in [4.78, 5) is 23.1. The van der Waals surface area contributed by atoms with Crippen LogP contribution in [0.3, 0.4) is 0 Å². The van der Waals surface area contributed by atoms with Crippen molar-refractivity contribution < 1.29 is 9.59 Å². The largest absolute Gasteiger partial charge is 0.366 e. The predicted molar refractivity (Wildman–Crippen MR) is 69.0 cm³/mol. The molecule has 0 unspecified atom stereocenters. The number of hydrogen-bond donors (Lipinski definition) is 3. The first-order chi connectivity index (χ1) is 8.51. The molecule has 1 aromatic rings. The Labute approximate surface area is 106 Å². The normalized spacial score (nSPS) is 17.4. The van der Waals surface area contributed by atoms with Crippen LogP contribution in [-0.2, 0) is 4.79 Å². The van der Waals surface area contributed by atoms with Gasteiger partial charge in [0.05, 0.1) is 5.54 Å². The minimum atomic E-state index is -0.775. The highest BCUT2D eigenvalue weighted by Crippen LogP contribution is 2.28. The average Bonchev–Trinajstić information content (AvgIpc) is 2.78. The fraction of sp³-hybridized carbons (Fsp3) is 0.385. The van der Waals surface area contributed by atoms with Crippen LogP contribution in [0.1, 0.15) is 36.0 Å². The SMILES string of the molecule is NC(=O)c1cccc(NC(=O)C2(N)CCCC2)c1. The van der Waals surface area contributed by atoms with Gasteiger partial charge < -0.3 is 16.8 Å². The van der Waals surface area contributed by atoms with Crippen LogP contribution in [0.2, 0.25) is 0 Å². The van der Waals surface area contributed by atoms with E-state index in [1.54, 1.807) is 24.3 Å². The average molecular weight is 247 g/mol. The number of amides is 2. The molecular weight excluding hydrogens is 230 g/mol. The summed E-state index contributed by atoms with van der Waals surface area (Å²) >= 11 is 0. The van der Waals surface area contributed by atoms with Gasteiger partial charge in [-0.05, 0) is 31.0 Å². The van der Waals surface area contributed by atoms with Gasteiger partial charge in [0.15, 0.2) is 0 Å². The number of nitrogens with one attached hydrogen (secondary N) is 1. The number of carbonyl (C=O) groups is 2. The lowest BCUT2D eigenvalue weighted by Crippen LogP contribution is -2.48. The van der Waals surface area contributed by atoms with E-state index in [0.717, 1.165) is 12.8 Å². The standard InChI is InChI=1S/C13H17N3O2/c14-11(17)9-4-3-5-10(8-9)16-12(18)13(15)6-1-2-7-13/h3-5,8H,1-2,6-7,15H2,(H2,14,17)(H,16,18). The summed E-state index contributed by atoms with van der Waals surface area (Å²) in [5, 5.41) is 2.75. The molecule has 0 bridgehead atoms. The molecule has 1 aliphatic carbocycles. The van der Waals surface area contributed by atoms with Gasteiger partial charge >= 0.3 is 0 Å². The van der Waals surface area contributed by atoms with Crippen molar-refractivity contribution in [2.75, 3.05) is 5.32 Å². The molecule has 0 saturated heterocycles. The van der Waals surface area contributed by atoms with Gasteiger partial charge in [-0.1, -0.05) is 18.9 Å². The van der Waals surface area contributed by atoms with Crippen molar-refractivity contribution >= 4 is 17.5 Å². The summed E-state index contributed by atoms with van der Waals surface area (Å²) in [6, 6.07) is 6.54. The molecule has 18 heavy (non-hydrogen) atoms. The van der Waals surface area contributed by atoms with Crippen molar-refractivity contribution in [1.82, 2.24) is 0 Å². The Morgan fingerprint density at radius 2 is 1.89 bits per heavy atom. The van der Waals surface area contributed by atoms with E-state index in [0.29, 0.717) is 24.1 Å². The van der Waals surface area contributed by atoms with Crippen molar-refractivity contribution in [2.45, 2.75) is 31.2 Å². The molecule has 1 aliphatic rings. The van der Waals surface area contributed by atoms with E-state index < -0.39 is 11.4 Å². The molecule has 2 amide bonds. The highest BCUT2D eigenvalue weighted by molar-refractivity contribution is 6.00. The summed E-state index contributed by atoms with van der Waals surface area (Å²) in [5.74, 6) is -0.712. The first kappa shape index (κ1) is 12.6. The monoisotopic (exact) mass is 247 g/mol. The predicted octanol–water partition coefficient (Wildman–Crippen LogP) is 0.995. The third-order valence-corrected chi connectivity index (χ3v) is 3.35. The maximum absolute atomic E-state index is 12.1. The van der Waals surface area contributed by atoms with Crippen molar-refractivity contribution in [2.24, 2.45) is 11.5 Å². The molecule has 1 saturated carbocycles. The van der Waals surface area contributed by atoms with Crippen molar-refractivity contribution in [3.05, 3.63) is 29.8 Å². The molecule has 2 rings (SSSR count). The van der Waals surface area contributed by atoms with Crippen molar-refractivity contribution in [3.63, 3.8) is 0 Å². The topological polar surface area (TPSA) is 98.2 Å². The van der Waals surface area contributed by atoms with Crippen LogP contribution in [0.4, 0.5) is 5.69 Å². The highest BCUT2D eigenvalue weighted by Gasteiger charge is 2.36. The lowest BCUT2D eigenvalue weighted by Gasteiger charge is -2.22. The Morgan fingerprint density at radius 1 is 1.22 bits per heavy atom. The van der Waals surface area contributed by atoms with Gasteiger partial charge in [-0.15, -0.1) is 0 Å². The van der Waals surface area contributed by atoms with Crippen LogP contribution < -0.4 is 16.8 Å². The molecule has 5 N–H and O–H groups in total. The van der Waals surface area contributed by atoms with E-state index in [1.807, 2.05) is 0 Å². The van der Waals surface area contributed by atoms with E-state index >= 15 is 0 Å². The van der Waals surface area contributed by atoms with Crippen LogP contribution in [0.5, 0.6) is 0 Å². The molecule has 0 heterocycles. The van der Waals surface area contributed by atoms with Gasteiger partial charge in [-0.3, -0.25) is 9.59 Å². The van der Waals surface area contributed by atoms with Crippen LogP contribution >= 0.6 is 0 Å². The summed E-state index contributed by atoms with van der Waals surface area (Å²) in [7, 11) is 0. The fourth-order valence-corrected chi connectivity index (χ4v) is 2.24. The second-order valence-corrected chi connectivity index (χ2v) is 4.76. The molecule has 5 heteroatoms. The summed E-state index contributed by atoms with van der Waals surface area (Å²) in [6.45, 7) is 0. The number of benzene rings is 1. The summed E-state index contributed by atoms with van der Waals surface area (Å²) < 4.78 is 0. The first-order valence-electron chi connectivity index (χ1n) is 6.01. The molecule has 96 valence electrons. The molecule has 0 spiro atoms. The number of hydrogen-bond acceptors (Lipinski definition) is 3. The minimum Gasteiger partial charge on any atom is -0.366 e. The zero-order valence-corrected chi connectivity index (χ0v) is 10.1. The Balaban J connectivity index is 2.11. The lowest BCUT2D eigenvalue weighted by atomic mass is 9.98. The third-order valence-electron chi connectivity index (χ3n) is 3.35. The van der Waals surface area contributed by atoms with Gasteiger partial charge in [0.25, 0.3) is 0 Å². The Kier molecular flexibility index (Phi) is 3.34. The molecule has 0 aromatic heterocycles. The molecule has 0 aliphatic heterocycles. The zero-order chi connectivity index (χ0) is 13.2. The molecule has 5 nitrogen and oxygen atoms in total.